The largest absolute Gasteiger partial charge is 0.392 e. The van der Waals surface area contributed by atoms with Gasteiger partial charge in [-0.1, -0.05) is 53.7 Å². The number of aliphatic hydroxyl groups excluding tert-OH is 1. The lowest BCUT2D eigenvalue weighted by Gasteiger charge is -2.16. The van der Waals surface area contributed by atoms with Gasteiger partial charge < -0.3 is 5.11 Å². The van der Waals surface area contributed by atoms with Crippen molar-refractivity contribution in [1.82, 2.24) is 0 Å². The van der Waals surface area contributed by atoms with Crippen LogP contribution in [0.3, 0.4) is 0 Å². The second kappa shape index (κ2) is 8.49. The number of rotatable bonds is 5. The first kappa shape index (κ1) is 20.2. The Morgan fingerprint density at radius 2 is 1.88 bits per heavy atom. The van der Waals surface area contributed by atoms with Crippen LogP contribution in [0.25, 0.3) is 0 Å². The molecule has 0 aromatic heterocycles. The normalized spacial score (nSPS) is 13.8. The zero-order valence-corrected chi connectivity index (χ0v) is 17.1. The smallest absolute Gasteiger partial charge is 0.145 e. The fourth-order valence-corrected chi connectivity index (χ4v) is 4.08. The van der Waals surface area contributed by atoms with Gasteiger partial charge in [-0.25, -0.2) is 4.21 Å². The summed E-state index contributed by atoms with van der Waals surface area (Å²) < 4.78 is 16.3. The summed E-state index contributed by atoms with van der Waals surface area (Å²) >= 11 is 7.91. The first-order valence-corrected chi connectivity index (χ1v) is 10.2. The molecule has 1 N–H and O–H groups in total. The Kier molecular flexibility index (Phi) is 6.86. The average molecular weight is 396 g/mol. The first-order chi connectivity index (χ1) is 11.7. The Balaban J connectivity index is 2.47. The molecule has 2 aromatic carbocycles. The molecule has 0 saturated heterocycles. The second-order valence-corrected chi connectivity index (χ2v) is 9.89. The third-order valence-electron chi connectivity index (χ3n) is 3.46. The van der Waals surface area contributed by atoms with Crippen molar-refractivity contribution in [2.75, 3.05) is 0 Å². The van der Waals surface area contributed by atoms with Crippen LogP contribution < -0.4 is 0 Å². The maximum absolute atomic E-state index is 12.4. The van der Waals surface area contributed by atoms with E-state index in [2.05, 4.69) is 4.40 Å². The van der Waals surface area contributed by atoms with E-state index in [1.54, 1.807) is 0 Å². The summed E-state index contributed by atoms with van der Waals surface area (Å²) in [4.78, 5) is 1.78. The average Bonchev–Trinajstić information content (AvgIpc) is 2.56. The lowest BCUT2D eigenvalue weighted by molar-refractivity contribution is 0.279. The summed E-state index contributed by atoms with van der Waals surface area (Å²) in [6.07, 6.45) is 0. The van der Waals surface area contributed by atoms with Crippen molar-refractivity contribution in [1.29, 1.82) is 0 Å². The van der Waals surface area contributed by atoms with E-state index < -0.39 is 15.7 Å². The second-order valence-electron chi connectivity index (χ2n) is 6.52. The highest BCUT2D eigenvalue weighted by Gasteiger charge is 2.20. The van der Waals surface area contributed by atoms with E-state index in [-0.39, 0.29) is 6.61 Å². The molecule has 0 aliphatic carbocycles. The van der Waals surface area contributed by atoms with Crippen LogP contribution in [0.4, 0.5) is 0 Å². The molecule has 0 spiro atoms. The topological polar surface area (TPSA) is 49.7 Å². The highest BCUT2D eigenvalue weighted by atomic mass is 35.5. The molecular formula is C19H22ClNO2S2. The first-order valence-electron chi connectivity index (χ1n) is 7.87. The third kappa shape index (κ3) is 5.17. The molecule has 2 aromatic rings. The van der Waals surface area contributed by atoms with Crippen molar-refractivity contribution in [2.24, 2.45) is 4.40 Å². The van der Waals surface area contributed by atoms with Crippen molar-refractivity contribution in [3.05, 3.63) is 58.6 Å². The van der Waals surface area contributed by atoms with Gasteiger partial charge in [-0.2, -0.15) is 4.40 Å². The summed E-state index contributed by atoms with van der Waals surface area (Å²) in [6.45, 7) is 7.49. The van der Waals surface area contributed by atoms with E-state index in [1.165, 1.54) is 11.8 Å². The number of nitrogens with zero attached hydrogens (tertiary/aromatic N) is 1. The molecule has 0 saturated carbocycles. The minimum Gasteiger partial charge on any atom is -0.392 e. The molecule has 0 aliphatic rings. The Morgan fingerprint density at radius 3 is 2.52 bits per heavy atom. The van der Waals surface area contributed by atoms with Gasteiger partial charge in [-0.05, 0) is 45.4 Å². The van der Waals surface area contributed by atoms with E-state index in [0.29, 0.717) is 10.7 Å². The lowest BCUT2D eigenvalue weighted by atomic mass is 10.1. The number of halogens is 1. The van der Waals surface area contributed by atoms with Gasteiger partial charge in [0.2, 0.25) is 0 Å². The molecule has 134 valence electrons. The Hall–Kier alpha value is -1.14. The van der Waals surface area contributed by atoms with Gasteiger partial charge in [0.25, 0.3) is 0 Å². The standard InChI is InChI=1S/C19H22ClNO2S2/c1-13(21-25(23)19(2,3)4)15-9-7-10-16(20)18(15)24-17-11-6-5-8-14(17)12-22/h5-11,22H,12H2,1-4H3. The summed E-state index contributed by atoms with van der Waals surface area (Å²) in [7, 11) is -1.34. The Bertz CT molecular complexity index is 813. The molecule has 0 bridgehead atoms. The van der Waals surface area contributed by atoms with Gasteiger partial charge >= 0.3 is 0 Å². The van der Waals surface area contributed by atoms with Crippen LogP contribution in [0.1, 0.15) is 38.8 Å². The van der Waals surface area contributed by atoms with E-state index in [4.69, 9.17) is 11.6 Å². The molecule has 2 rings (SSSR count). The molecule has 3 nitrogen and oxygen atoms in total. The number of aliphatic hydroxyl groups is 1. The SMILES string of the molecule is CC(=NS(=O)C(C)(C)C)c1cccc(Cl)c1Sc1ccccc1CO. The van der Waals surface area contributed by atoms with Crippen LogP contribution in [0.15, 0.2) is 56.7 Å². The van der Waals surface area contributed by atoms with Crippen molar-refractivity contribution in [3.8, 4) is 0 Å². The summed E-state index contributed by atoms with van der Waals surface area (Å²) in [5.74, 6) is 0. The molecular weight excluding hydrogens is 374 g/mol. The molecule has 0 heterocycles. The van der Waals surface area contributed by atoms with Crippen molar-refractivity contribution in [3.63, 3.8) is 0 Å². The third-order valence-corrected chi connectivity index (χ3v) is 6.63. The highest BCUT2D eigenvalue weighted by Crippen LogP contribution is 2.38. The summed E-state index contributed by atoms with van der Waals surface area (Å²) in [5, 5.41) is 10.1. The van der Waals surface area contributed by atoms with E-state index in [1.807, 2.05) is 70.2 Å². The molecule has 1 atom stereocenters. The van der Waals surface area contributed by atoms with Gasteiger partial charge in [0.1, 0.15) is 11.0 Å². The predicted molar refractivity (Wildman–Crippen MR) is 108 cm³/mol. The summed E-state index contributed by atoms with van der Waals surface area (Å²) in [5.41, 5.74) is 2.37. The van der Waals surface area contributed by atoms with Gasteiger partial charge in [-0.3, -0.25) is 0 Å². The van der Waals surface area contributed by atoms with Crippen molar-refractivity contribution in [2.45, 2.75) is 48.8 Å². The van der Waals surface area contributed by atoms with Crippen LogP contribution in [0.5, 0.6) is 0 Å². The van der Waals surface area contributed by atoms with E-state index in [0.717, 1.165) is 20.9 Å². The number of benzene rings is 2. The minimum atomic E-state index is -1.34. The minimum absolute atomic E-state index is 0.0376. The van der Waals surface area contributed by atoms with Crippen LogP contribution in [0.2, 0.25) is 5.02 Å². The molecule has 0 fully saturated rings. The molecule has 6 heteroatoms. The molecule has 25 heavy (non-hydrogen) atoms. The molecule has 0 aliphatic heterocycles. The van der Waals surface area contributed by atoms with E-state index in [9.17, 15) is 9.32 Å². The number of hydrogen-bond acceptors (Lipinski definition) is 3. The van der Waals surface area contributed by atoms with Crippen LogP contribution >= 0.6 is 23.4 Å². The zero-order valence-electron chi connectivity index (χ0n) is 14.7. The number of hydrogen-bond donors (Lipinski definition) is 1. The predicted octanol–water partition coefficient (Wildman–Crippen LogP) is 5.25. The fraction of sp³-hybridized carbons (Fsp3) is 0.316. The van der Waals surface area contributed by atoms with Crippen LogP contribution in [-0.4, -0.2) is 19.8 Å². The van der Waals surface area contributed by atoms with Crippen LogP contribution in [0, 0.1) is 0 Å². The van der Waals surface area contributed by atoms with Gasteiger partial charge in [0.15, 0.2) is 0 Å². The fourth-order valence-electron chi connectivity index (χ4n) is 2.05. The Labute approximate surface area is 161 Å². The summed E-state index contributed by atoms with van der Waals surface area (Å²) in [6, 6.07) is 13.3. The van der Waals surface area contributed by atoms with Gasteiger partial charge in [-0.15, -0.1) is 0 Å². The lowest BCUT2D eigenvalue weighted by Crippen LogP contribution is -2.20. The maximum Gasteiger partial charge on any atom is 0.145 e. The van der Waals surface area contributed by atoms with Gasteiger partial charge in [0.05, 0.1) is 22.1 Å². The molecule has 1 unspecified atom stereocenters. The molecule has 0 radical (unpaired) electrons. The monoisotopic (exact) mass is 395 g/mol. The molecule has 0 amide bonds. The van der Waals surface area contributed by atoms with E-state index >= 15 is 0 Å². The quantitative estimate of drug-likeness (QED) is 0.703. The zero-order chi connectivity index (χ0) is 18.6. The highest BCUT2D eigenvalue weighted by molar-refractivity contribution is 7.99. The Morgan fingerprint density at radius 1 is 1.20 bits per heavy atom. The van der Waals surface area contributed by atoms with Crippen LogP contribution in [-0.2, 0) is 17.6 Å². The van der Waals surface area contributed by atoms with Crippen molar-refractivity contribution >= 4 is 40.1 Å². The van der Waals surface area contributed by atoms with Crippen molar-refractivity contribution < 1.29 is 9.32 Å². The van der Waals surface area contributed by atoms with Gasteiger partial charge in [0, 0.05) is 15.4 Å². The maximum atomic E-state index is 12.4.